The smallest absolute Gasteiger partial charge is 0.311 e. The van der Waals surface area contributed by atoms with Crippen LogP contribution < -0.4 is 0 Å². The van der Waals surface area contributed by atoms with Crippen molar-refractivity contribution in [3.8, 4) is 0 Å². The fourth-order valence-electron chi connectivity index (χ4n) is 1.42. The van der Waals surface area contributed by atoms with Gasteiger partial charge >= 0.3 is 5.97 Å². The molecule has 0 aromatic carbocycles. The van der Waals surface area contributed by atoms with Gasteiger partial charge in [0, 0.05) is 19.6 Å². The fourth-order valence-corrected chi connectivity index (χ4v) is 1.42. The van der Waals surface area contributed by atoms with Gasteiger partial charge in [-0.2, -0.15) is 0 Å². The first-order valence-corrected chi connectivity index (χ1v) is 6.12. The number of carbonyl (C=O) groups is 1. The van der Waals surface area contributed by atoms with Crippen LogP contribution in [-0.4, -0.2) is 50.3 Å². The Labute approximate surface area is 116 Å². The van der Waals surface area contributed by atoms with Crippen molar-refractivity contribution < 1.29 is 14.3 Å². The molecule has 1 aliphatic rings. The zero-order chi connectivity index (χ0) is 12.7. The SMILES string of the molecule is CC(C)(C)C(=O)OC/C=C\CN1CCOCC1.Cl. The second-order valence-electron chi connectivity index (χ2n) is 5.23. The average molecular weight is 278 g/mol. The average Bonchev–Trinajstić information content (AvgIpc) is 2.28. The van der Waals surface area contributed by atoms with E-state index in [1.54, 1.807) is 0 Å². The van der Waals surface area contributed by atoms with E-state index in [2.05, 4.69) is 4.90 Å². The topological polar surface area (TPSA) is 38.8 Å². The van der Waals surface area contributed by atoms with Crippen LogP contribution in [0.25, 0.3) is 0 Å². The van der Waals surface area contributed by atoms with Crippen molar-refractivity contribution in [1.29, 1.82) is 0 Å². The van der Waals surface area contributed by atoms with Crippen LogP contribution >= 0.6 is 12.4 Å². The number of esters is 1. The summed E-state index contributed by atoms with van der Waals surface area (Å²) in [5.41, 5.74) is -0.419. The van der Waals surface area contributed by atoms with E-state index in [0.717, 1.165) is 32.8 Å². The van der Waals surface area contributed by atoms with E-state index in [-0.39, 0.29) is 18.4 Å². The third kappa shape index (κ3) is 6.99. The van der Waals surface area contributed by atoms with Crippen LogP contribution in [0.4, 0.5) is 0 Å². The molecule has 0 atom stereocenters. The third-order valence-electron chi connectivity index (χ3n) is 2.56. The summed E-state index contributed by atoms with van der Waals surface area (Å²) in [6, 6.07) is 0. The lowest BCUT2D eigenvalue weighted by atomic mass is 9.97. The molecule has 1 rings (SSSR count). The molecule has 4 nitrogen and oxygen atoms in total. The van der Waals surface area contributed by atoms with Crippen molar-refractivity contribution in [3.05, 3.63) is 12.2 Å². The Kier molecular flexibility index (Phi) is 8.24. The standard InChI is InChI=1S/C13H23NO3.ClH/c1-13(2,3)12(15)17-9-5-4-6-14-7-10-16-11-8-14;/h4-5H,6-11H2,1-3H3;1H/b5-4-;. The quantitative estimate of drug-likeness (QED) is 0.581. The van der Waals surface area contributed by atoms with E-state index in [0.29, 0.717) is 6.61 Å². The highest BCUT2D eigenvalue weighted by atomic mass is 35.5. The van der Waals surface area contributed by atoms with Gasteiger partial charge in [0.2, 0.25) is 0 Å². The highest BCUT2D eigenvalue weighted by Crippen LogP contribution is 2.14. The zero-order valence-electron chi connectivity index (χ0n) is 11.5. The van der Waals surface area contributed by atoms with Crippen LogP contribution in [0.15, 0.2) is 12.2 Å². The van der Waals surface area contributed by atoms with E-state index in [4.69, 9.17) is 9.47 Å². The minimum absolute atomic E-state index is 0. The molecule has 106 valence electrons. The first-order valence-electron chi connectivity index (χ1n) is 6.12. The second-order valence-corrected chi connectivity index (χ2v) is 5.23. The minimum atomic E-state index is -0.419. The van der Waals surface area contributed by atoms with Gasteiger partial charge in [0.1, 0.15) is 6.61 Å². The number of hydrogen-bond donors (Lipinski definition) is 0. The molecule has 1 saturated heterocycles. The molecule has 1 fully saturated rings. The second kappa shape index (κ2) is 8.51. The highest BCUT2D eigenvalue weighted by molar-refractivity contribution is 5.85. The molecule has 0 amide bonds. The van der Waals surface area contributed by atoms with E-state index in [1.807, 2.05) is 32.9 Å². The molecule has 0 spiro atoms. The predicted octanol–water partition coefficient (Wildman–Crippen LogP) is 1.89. The molecule has 5 heteroatoms. The maximum absolute atomic E-state index is 11.4. The largest absolute Gasteiger partial charge is 0.461 e. The molecule has 1 aliphatic heterocycles. The van der Waals surface area contributed by atoms with Gasteiger partial charge in [-0.1, -0.05) is 6.08 Å². The van der Waals surface area contributed by atoms with Gasteiger partial charge in [0.15, 0.2) is 0 Å². The first-order chi connectivity index (χ1) is 8.00. The Morgan fingerprint density at radius 1 is 1.28 bits per heavy atom. The summed E-state index contributed by atoms with van der Waals surface area (Å²) in [6.45, 7) is 10.4. The van der Waals surface area contributed by atoms with E-state index in [9.17, 15) is 4.79 Å². The lowest BCUT2D eigenvalue weighted by Gasteiger charge is -2.25. The maximum atomic E-state index is 11.4. The molecule has 0 aromatic heterocycles. The minimum Gasteiger partial charge on any atom is -0.461 e. The summed E-state index contributed by atoms with van der Waals surface area (Å²) < 4.78 is 10.4. The van der Waals surface area contributed by atoms with Crippen molar-refractivity contribution in [1.82, 2.24) is 4.90 Å². The van der Waals surface area contributed by atoms with Gasteiger partial charge in [0.05, 0.1) is 18.6 Å². The Morgan fingerprint density at radius 2 is 1.89 bits per heavy atom. The molecule has 1 heterocycles. The summed E-state index contributed by atoms with van der Waals surface area (Å²) in [6.07, 6.45) is 3.94. The number of hydrogen-bond acceptors (Lipinski definition) is 4. The van der Waals surface area contributed by atoms with Crippen molar-refractivity contribution in [3.63, 3.8) is 0 Å². The molecule has 0 N–H and O–H groups in total. The van der Waals surface area contributed by atoms with Crippen LogP contribution in [0, 0.1) is 5.41 Å². The molecule has 0 bridgehead atoms. The number of rotatable bonds is 4. The van der Waals surface area contributed by atoms with Gasteiger partial charge in [-0.15, -0.1) is 12.4 Å². The maximum Gasteiger partial charge on any atom is 0.311 e. The molecule has 0 radical (unpaired) electrons. The lowest BCUT2D eigenvalue weighted by Crippen LogP contribution is -2.36. The van der Waals surface area contributed by atoms with Gasteiger partial charge in [0.25, 0.3) is 0 Å². The van der Waals surface area contributed by atoms with Crippen LogP contribution in [0.3, 0.4) is 0 Å². The lowest BCUT2D eigenvalue weighted by molar-refractivity contribution is -0.151. The first kappa shape index (κ1) is 17.4. The third-order valence-corrected chi connectivity index (χ3v) is 2.56. The van der Waals surface area contributed by atoms with Crippen molar-refractivity contribution in [2.75, 3.05) is 39.5 Å². The van der Waals surface area contributed by atoms with Crippen molar-refractivity contribution in [2.24, 2.45) is 5.41 Å². The molecular formula is C13H24ClNO3. The number of halogens is 1. The highest BCUT2D eigenvalue weighted by Gasteiger charge is 2.22. The Bertz CT molecular complexity index is 268. The summed E-state index contributed by atoms with van der Waals surface area (Å²) in [7, 11) is 0. The normalized spacial score (nSPS) is 17.5. The summed E-state index contributed by atoms with van der Waals surface area (Å²) >= 11 is 0. The fraction of sp³-hybridized carbons (Fsp3) is 0.769. The molecular weight excluding hydrogens is 254 g/mol. The molecule has 0 saturated carbocycles. The van der Waals surface area contributed by atoms with Gasteiger partial charge in [-0.3, -0.25) is 9.69 Å². The number of morpholine rings is 1. The van der Waals surface area contributed by atoms with Crippen molar-refractivity contribution in [2.45, 2.75) is 20.8 Å². The predicted molar refractivity (Wildman–Crippen MR) is 74.1 cm³/mol. The summed E-state index contributed by atoms with van der Waals surface area (Å²) in [5, 5.41) is 0. The zero-order valence-corrected chi connectivity index (χ0v) is 12.3. The van der Waals surface area contributed by atoms with Crippen LogP contribution in [0.1, 0.15) is 20.8 Å². The number of nitrogens with zero attached hydrogens (tertiary/aromatic N) is 1. The Morgan fingerprint density at radius 3 is 2.44 bits per heavy atom. The van der Waals surface area contributed by atoms with E-state index in [1.165, 1.54) is 0 Å². The van der Waals surface area contributed by atoms with Crippen LogP contribution in [0.5, 0.6) is 0 Å². The number of ether oxygens (including phenoxy) is 2. The van der Waals surface area contributed by atoms with Crippen LogP contribution in [0.2, 0.25) is 0 Å². The summed E-state index contributed by atoms with van der Waals surface area (Å²) in [5.74, 6) is -0.159. The van der Waals surface area contributed by atoms with Gasteiger partial charge < -0.3 is 9.47 Å². The van der Waals surface area contributed by atoms with Gasteiger partial charge in [-0.05, 0) is 26.8 Å². The molecule has 0 aliphatic carbocycles. The Hall–Kier alpha value is -0.580. The molecule has 0 aromatic rings. The monoisotopic (exact) mass is 277 g/mol. The van der Waals surface area contributed by atoms with Crippen LogP contribution in [-0.2, 0) is 14.3 Å². The molecule has 18 heavy (non-hydrogen) atoms. The van der Waals surface area contributed by atoms with E-state index >= 15 is 0 Å². The van der Waals surface area contributed by atoms with Crippen molar-refractivity contribution >= 4 is 18.4 Å². The number of carbonyl (C=O) groups excluding carboxylic acids is 1. The van der Waals surface area contributed by atoms with Gasteiger partial charge in [-0.25, -0.2) is 0 Å². The summed E-state index contributed by atoms with van der Waals surface area (Å²) in [4.78, 5) is 13.8. The van der Waals surface area contributed by atoms with E-state index < -0.39 is 5.41 Å². The Balaban J connectivity index is 0.00000289. The molecule has 0 unspecified atom stereocenters.